The first kappa shape index (κ1) is 20.8. The van der Waals surface area contributed by atoms with Gasteiger partial charge in [0.15, 0.2) is 0 Å². The number of halogens is 2. The summed E-state index contributed by atoms with van der Waals surface area (Å²) >= 11 is 3.35. The monoisotopic (exact) mass is 434 g/mol. The summed E-state index contributed by atoms with van der Waals surface area (Å²) in [5.41, 5.74) is 8.23. The van der Waals surface area contributed by atoms with Gasteiger partial charge in [-0.05, 0) is 48.7 Å². The molecule has 0 fully saturated rings. The number of nitrogens with two attached hydrogens (primary N) is 1. The van der Waals surface area contributed by atoms with E-state index in [0.717, 1.165) is 15.6 Å². The van der Waals surface area contributed by atoms with Crippen molar-refractivity contribution in [2.45, 2.75) is 18.2 Å². The van der Waals surface area contributed by atoms with Gasteiger partial charge in [-0.1, -0.05) is 28.1 Å². The summed E-state index contributed by atoms with van der Waals surface area (Å²) < 4.78 is 33.5. The van der Waals surface area contributed by atoms with E-state index in [1.165, 1.54) is 7.11 Å². The van der Waals surface area contributed by atoms with Crippen molar-refractivity contribution in [1.82, 2.24) is 4.72 Å². The normalized spacial score (nSPS) is 11.0. The fourth-order valence-corrected chi connectivity index (χ4v) is 3.80. The van der Waals surface area contributed by atoms with Gasteiger partial charge in [-0.3, -0.25) is 0 Å². The van der Waals surface area contributed by atoms with Crippen molar-refractivity contribution in [3.8, 4) is 5.75 Å². The van der Waals surface area contributed by atoms with Gasteiger partial charge < -0.3 is 10.5 Å². The number of anilines is 1. The predicted octanol–water partition coefficient (Wildman–Crippen LogP) is 3.29. The molecule has 0 heterocycles. The second-order valence-electron chi connectivity index (χ2n) is 5.14. The highest BCUT2D eigenvalue weighted by molar-refractivity contribution is 9.10. The third-order valence-corrected chi connectivity index (χ3v) is 5.76. The Bertz CT molecular complexity index is 796. The van der Waals surface area contributed by atoms with Crippen LogP contribution < -0.4 is 15.2 Å². The number of nitrogens with one attached hydrogen (secondary N) is 1. The van der Waals surface area contributed by atoms with Crippen LogP contribution in [-0.4, -0.2) is 22.1 Å². The van der Waals surface area contributed by atoms with E-state index in [-0.39, 0.29) is 17.3 Å². The number of nitrogen functional groups attached to an aromatic ring is 1. The lowest BCUT2D eigenvalue weighted by Crippen LogP contribution is -2.26. The maximum Gasteiger partial charge on any atom is 0.244 e. The Morgan fingerprint density at radius 1 is 1.21 bits per heavy atom. The van der Waals surface area contributed by atoms with Crippen LogP contribution in [-0.2, 0) is 16.4 Å². The lowest BCUT2D eigenvalue weighted by atomic mass is 10.1. The Morgan fingerprint density at radius 3 is 2.42 bits per heavy atom. The number of rotatable bonds is 6. The molecule has 0 amide bonds. The van der Waals surface area contributed by atoms with Crippen molar-refractivity contribution in [2.24, 2.45) is 0 Å². The summed E-state index contributed by atoms with van der Waals surface area (Å²) in [5.74, 6) is 0.325. The highest BCUT2D eigenvalue weighted by Crippen LogP contribution is 2.30. The number of aryl methyl sites for hydroxylation is 1. The molecule has 0 radical (unpaired) electrons. The lowest BCUT2D eigenvalue weighted by molar-refractivity contribution is 0.402. The number of sulfonamides is 1. The van der Waals surface area contributed by atoms with Crippen molar-refractivity contribution in [3.05, 3.63) is 52.0 Å². The van der Waals surface area contributed by atoms with Gasteiger partial charge in [0, 0.05) is 16.7 Å². The van der Waals surface area contributed by atoms with Gasteiger partial charge >= 0.3 is 0 Å². The molecule has 0 atom stereocenters. The number of hydrogen-bond donors (Lipinski definition) is 2. The standard InChI is InChI=1S/C16H19BrN2O3S.ClH/c1-11-9-15(22-2)16(10-14(11)17)23(20,21)19-8-7-12-3-5-13(18)6-4-12;/h3-6,9-10,19H,7-8,18H2,1-2H3;1H. The lowest BCUT2D eigenvalue weighted by Gasteiger charge is -2.12. The molecule has 3 N–H and O–H groups in total. The average Bonchev–Trinajstić information content (AvgIpc) is 2.51. The van der Waals surface area contributed by atoms with Crippen molar-refractivity contribution in [1.29, 1.82) is 0 Å². The van der Waals surface area contributed by atoms with E-state index in [2.05, 4.69) is 20.7 Å². The molecule has 0 bridgehead atoms. The first-order valence-electron chi connectivity index (χ1n) is 7.01. The molecule has 24 heavy (non-hydrogen) atoms. The molecule has 0 aliphatic heterocycles. The van der Waals surface area contributed by atoms with Gasteiger partial charge in [-0.2, -0.15) is 0 Å². The molecule has 8 heteroatoms. The summed E-state index contributed by atoms with van der Waals surface area (Å²) in [6.07, 6.45) is 0.578. The van der Waals surface area contributed by atoms with Crippen LogP contribution in [0.1, 0.15) is 11.1 Å². The van der Waals surface area contributed by atoms with Crippen LogP contribution in [0.25, 0.3) is 0 Å². The minimum atomic E-state index is -3.65. The van der Waals surface area contributed by atoms with Gasteiger partial charge in [0.05, 0.1) is 7.11 Å². The van der Waals surface area contributed by atoms with Gasteiger partial charge in [-0.25, -0.2) is 13.1 Å². The zero-order valence-electron chi connectivity index (χ0n) is 13.4. The molecular formula is C16H20BrClN2O3S. The van der Waals surface area contributed by atoms with Crippen LogP contribution in [0.5, 0.6) is 5.75 Å². The molecule has 5 nitrogen and oxygen atoms in total. The van der Waals surface area contributed by atoms with Crippen molar-refractivity contribution >= 4 is 44.0 Å². The average molecular weight is 436 g/mol. The largest absolute Gasteiger partial charge is 0.495 e. The molecule has 0 spiro atoms. The third kappa shape index (κ3) is 5.11. The first-order valence-corrected chi connectivity index (χ1v) is 9.29. The fraction of sp³-hybridized carbons (Fsp3) is 0.250. The number of hydrogen-bond acceptors (Lipinski definition) is 4. The van der Waals surface area contributed by atoms with Gasteiger partial charge in [-0.15, -0.1) is 12.4 Å². The second kappa shape index (κ2) is 8.71. The number of ether oxygens (including phenoxy) is 1. The van der Waals surface area contributed by atoms with E-state index >= 15 is 0 Å². The molecule has 0 aromatic heterocycles. The van der Waals surface area contributed by atoms with Crippen LogP contribution in [0, 0.1) is 6.92 Å². The number of methoxy groups -OCH3 is 1. The quantitative estimate of drug-likeness (QED) is 0.682. The van der Waals surface area contributed by atoms with Crippen LogP contribution in [0.4, 0.5) is 5.69 Å². The molecule has 0 aliphatic carbocycles. The van der Waals surface area contributed by atoms with E-state index in [1.807, 2.05) is 19.1 Å². The van der Waals surface area contributed by atoms with E-state index in [0.29, 0.717) is 24.4 Å². The molecule has 2 aromatic rings. The minimum Gasteiger partial charge on any atom is -0.495 e. The predicted molar refractivity (Wildman–Crippen MR) is 102 cm³/mol. The smallest absolute Gasteiger partial charge is 0.244 e. The SMILES string of the molecule is COc1cc(C)c(Br)cc1S(=O)(=O)NCCc1ccc(N)cc1.Cl. The van der Waals surface area contributed by atoms with E-state index in [4.69, 9.17) is 10.5 Å². The molecule has 2 aromatic carbocycles. The summed E-state index contributed by atoms with van der Waals surface area (Å²) in [6, 6.07) is 10.6. The summed E-state index contributed by atoms with van der Waals surface area (Å²) in [4.78, 5) is 0.120. The van der Waals surface area contributed by atoms with Crippen LogP contribution in [0.2, 0.25) is 0 Å². The molecule has 132 valence electrons. The van der Waals surface area contributed by atoms with Gasteiger partial charge in [0.25, 0.3) is 0 Å². The molecule has 0 aliphatic rings. The third-order valence-electron chi connectivity index (χ3n) is 3.42. The summed E-state index contributed by atoms with van der Waals surface area (Å²) in [7, 11) is -2.20. The fourth-order valence-electron chi connectivity index (χ4n) is 2.10. The maximum absolute atomic E-state index is 12.5. The second-order valence-corrected chi connectivity index (χ2v) is 7.73. The maximum atomic E-state index is 12.5. The topological polar surface area (TPSA) is 81.4 Å². The van der Waals surface area contributed by atoms with Gasteiger partial charge in [0.1, 0.15) is 10.6 Å². The molecule has 0 saturated heterocycles. The Kier molecular flexibility index (Phi) is 7.54. The molecule has 0 unspecified atom stereocenters. The van der Waals surface area contributed by atoms with Crippen LogP contribution >= 0.6 is 28.3 Å². The van der Waals surface area contributed by atoms with E-state index < -0.39 is 10.0 Å². The van der Waals surface area contributed by atoms with E-state index in [9.17, 15) is 8.42 Å². The number of benzene rings is 2. The highest BCUT2D eigenvalue weighted by atomic mass is 79.9. The Labute approximate surface area is 157 Å². The summed E-state index contributed by atoms with van der Waals surface area (Å²) in [5, 5.41) is 0. The Morgan fingerprint density at radius 2 is 1.83 bits per heavy atom. The zero-order valence-corrected chi connectivity index (χ0v) is 16.6. The minimum absolute atomic E-state index is 0. The van der Waals surface area contributed by atoms with Gasteiger partial charge in [0.2, 0.25) is 10.0 Å². The van der Waals surface area contributed by atoms with E-state index in [1.54, 1.807) is 24.3 Å². The molecular weight excluding hydrogens is 416 g/mol. The molecule has 0 saturated carbocycles. The van der Waals surface area contributed by atoms with Crippen molar-refractivity contribution in [2.75, 3.05) is 19.4 Å². The molecule has 2 rings (SSSR count). The Balaban J connectivity index is 0.00000288. The van der Waals surface area contributed by atoms with Crippen LogP contribution in [0.3, 0.4) is 0 Å². The van der Waals surface area contributed by atoms with Crippen molar-refractivity contribution < 1.29 is 13.2 Å². The summed E-state index contributed by atoms with van der Waals surface area (Å²) in [6.45, 7) is 2.17. The first-order chi connectivity index (χ1) is 10.8. The van der Waals surface area contributed by atoms with Crippen LogP contribution in [0.15, 0.2) is 45.8 Å². The van der Waals surface area contributed by atoms with Crippen molar-refractivity contribution in [3.63, 3.8) is 0 Å². The zero-order chi connectivity index (χ0) is 17.0. The highest BCUT2D eigenvalue weighted by Gasteiger charge is 2.20. The Hall–Kier alpha value is -1.28.